The van der Waals surface area contributed by atoms with Crippen LogP contribution in [-0.4, -0.2) is 156 Å². The summed E-state index contributed by atoms with van der Waals surface area (Å²) in [5, 5.41) is 0. The second kappa shape index (κ2) is 33.3. The van der Waals surface area contributed by atoms with Crippen molar-refractivity contribution in [3.8, 4) is 0 Å². The maximum Gasteiger partial charge on any atom is 0.351 e. The van der Waals surface area contributed by atoms with E-state index >= 15 is 0 Å². The molecular formula is C56H73N17O26P5S5-5. The number of nitrogens with two attached hydrogens (primary N) is 3. The van der Waals surface area contributed by atoms with Crippen LogP contribution in [0.15, 0.2) is 70.9 Å². The zero-order valence-corrected chi connectivity index (χ0v) is 66.7. The molecule has 10 N–H and O–H groups in total. The Hall–Kier alpha value is -5.20. The number of fused-ring (bicyclic) bond motifs is 2. The fourth-order valence-electron chi connectivity index (χ4n) is 13.3. The number of aryl methyl sites for hydroxylation is 2. The third kappa shape index (κ3) is 20.0. The quantitative estimate of drug-likeness (QED) is 0.0210. The van der Waals surface area contributed by atoms with Crippen molar-refractivity contribution < 1.29 is 88.3 Å². The minimum absolute atomic E-state index is 0.00449. The standard InChI is InChI=1S/C56H78N17O26P5S5/c1-24(2)30-11-40(69-8-7-39(57)62-54(69)78)91-35(30)18-87-103(84,108)98-32-12-41(71-16-27(6)49(75)68-56(71)80)92-36(32)20-90-104(85,109)99-34-14-43(73-23-61-45-47(73)64-53(59)66-51(45)77)94-38(34)21-89-102(83,107)96-31-10-29(70-15-26(5)48(74)67-55(70)79)9-28(31)17-86-101(82,106)97-33-13-42(93-37(33)19-88-100(81,105)95-25(3)4)72-22-60-44-46(72)63-52(58)65-50(44)76/h7-8,15-16,22-25,28-38,40-43H,9-14,17-21H2,1-6H3,(H,81,105)(H,82,106)(H,83,107)(H,84,108)(H,85,109)(H2,57,62,78)(H,67,74,79)(H,68,75,80)(H3,58,63,65,76)(H3,59,64,66,77)/p-5/t28-,29-,30?,31?,32?,33?,34?,35-,36-,37-,38-,40-,41-,42-,43-,100?,101?,102?,103?,104?/m1/s1. The molecule has 0 radical (unpaired) electrons. The first kappa shape index (κ1) is 83.2. The topological polar surface area (TPSA) is 588 Å². The number of nitrogens with zero attached hydrogens (tertiary/aromatic N) is 10. The Morgan fingerprint density at radius 3 is 1.45 bits per heavy atom. The molecule has 7 aromatic rings. The van der Waals surface area contributed by atoms with Crippen molar-refractivity contribution in [3.63, 3.8) is 0 Å². The minimum Gasteiger partial charge on any atom is -0.780 e. The van der Waals surface area contributed by atoms with Gasteiger partial charge in [0.05, 0.1) is 82.3 Å². The van der Waals surface area contributed by atoms with E-state index in [4.69, 9.17) is 141 Å². The molecule has 1 aliphatic carbocycles. The Morgan fingerprint density at radius 1 is 0.532 bits per heavy atom. The van der Waals surface area contributed by atoms with Crippen LogP contribution in [0.2, 0.25) is 0 Å². The van der Waals surface area contributed by atoms with E-state index in [1.807, 2.05) is 13.8 Å². The van der Waals surface area contributed by atoms with Gasteiger partial charge in [0.1, 0.15) is 75.9 Å². The Balaban J connectivity index is 0.758. The van der Waals surface area contributed by atoms with E-state index in [9.17, 15) is 57.7 Å². The van der Waals surface area contributed by atoms with E-state index in [2.05, 4.69) is 44.9 Å². The number of ether oxygens (including phenoxy) is 4. The molecule has 7 aromatic heterocycles. The number of H-pyrrole nitrogens is 4. The number of hydrogen-bond acceptors (Lipinski definition) is 39. The second-order valence-corrected chi connectivity index (χ2v) is 40.3. The fraction of sp³-hybridized carbons (Fsp3) is 0.607. The smallest absolute Gasteiger partial charge is 0.351 e. The molecular weight excluding hydrogens is 1640 g/mol. The molecule has 53 heteroatoms. The maximum absolute atomic E-state index is 14.8. The average molecular weight is 1720 g/mol. The molecule has 4 saturated heterocycles. The van der Waals surface area contributed by atoms with Gasteiger partial charge in [-0.25, -0.2) is 24.4 Å². The van der Waals surface area contributed by atoms with E-state index in [1.54, 1.807) is 13.8 Å². The third-order valence-corrected chi connectivity index (χ3v) is 26.4. The zero-order valence-electron chi connectivity index (χ0n) is 58.2. The van der Waals surface area contributed by atoms with E-state index < -0.39 is 191 Å². The fourth-order valence-corrected chi connectivity index (χ4v) is 20.8. The molecule has 0 spiro atoms. The normalized spacial score (nSPS) is 28.8. The van der Waals surface area contributed by atoms with Crippen molar-refractivity contribution in [2.24, 2.45) is 17.8 Å². The van der Waals surface area contributed by atoms with Gasteiger partial charge in [-0.2, -0.15) is 15.0 Å². The molecule has 0 bridgehead atoms. The number of imidazole rings is 2. The summed E-state index contributed by atoms with van der Waals surface area (Å²) in [5.74, 6) is -1.87. The van der Waals surface area contributed by atoms with Gasteiger partial charge in [-0.1, -0.05) is 61.1 Å². The molecule has 0 aromatic carbocycles. The molecule has 5 aliphatic rings. The third-order valence-electron chi connectivity index (χ3n) is 18.4. The highest BCUT2D eigenvalue weighted by atomic mass is 32.7. The Morgan fingerprint density at radius 2 is 0.963 bits per heavy atom. The summed E-state index contributed by atoms with van der Waals surface area (Å²) in [4.78, 5) is 177. The zero-order chi connectivity index (χ0) is 78.7. The van der Waals surface area contributed by atoms with Crippen molar-refractivity contribution >= 4 is 133 Å². The van der Waals surface area contributed by atoms with Gasteiger partial charge in [0, 0.05) is 60.9 Å². The van der Waals surface area contributed by atoms with Crippen molar-refractivity contribution in [3.05, 3.63) is 121 Å². The Bertz CT molecular complexity index is 5280. The van der Waals surface area contributed by atoms with Gasteiger partial charge < -0.3 is 113 Å². The van der Waals surface area contributed by atoms with Crippen LogP contribution in [0.25, 0.3) is 22.3 Å². The van der Waals surface area contributed by atoms with Gasteiger partial charge in [-0.05, 0) is 64.9 Å². The minimum atomic E-state index is -4.88. The molecule has 0 amide bonds. The molecule has 1 saturated carbocycles. The summed E-state index contributed by atoms with van der Waals surface area (Å²) in [5.41, 5.74) is 12.2. The lowest BCUT2D eigenvalue weighted by molar-refractivity contribution is -0.220. The highest BCUT2D eigenvalue weighted by Gasteiger charge is 2.47. The Labute approximate surface area is 640 Å². The number of rotatable bonds is 31. The number of hydrogen-bond donors (Lipinski definition) is 7. The van der Waals surface area contributed by atoms with Crippen LogP contribution >= 0.6 is 33.7 Å². The molecule has 43 nitrogen and oxygen atoms in total. The van der Waals surface area contributed by atoms with Crippen molar-refractivity contribution in [2.45, 2.75) is 166 Å². The molecule has 109 heavy (non-hydrogen) atoms. The van der Waals surface area contributed by atoms with E-state index in [-0.39, 0.29) is 102 Å². The maximum atomic E-state index is 14.8. The first-order valence-electron chi connectivity index (χ1n) is 33.4. The number of aromatic amines is 4. The highest BCUT2D eigenvalue weighted by molar-refractivity contribution is 8.32. The molecule has 4 aliphatic heterocycles. The summed E-state index contributed by atoms with van der Waals surface area (Å²) in [6.07, 6.45) is -9.87. The molecule has 20 atom stereocenters. The summed E-state index contributed by atoms with van der Waals surface area (Å²) in [6, 6.07) is 0.569. The highest BCUT2D eigenvalue weighted by Crippen LogP contribution is 2.56. The predicted molar refractivity (Wildman–Crippen MR) is 392 cm³/mol. The van der Waals surface area contributed by atoms with Crippen molar-refractivity contribution in [2.75, 3.05) is 50.2 Å². The molecule has 10 unspecified atom stereocenters. The second-order valence-electron chi connectivity index (χ2n) is 26.7. The van der Waals surface area contributed by atoms with Crippen LogP contribution in [-0.2, 0) is 128 Å². The summed E-state index contributed by atoms with van der Waals surface area (Å²) >= 11 is 27.0. The average Bonchev–Trinajstić information content (AvgIpc) is 1.76. The lowest BCUT2D eigenvalue weighted by Crippen LogP contribution is -2.34. The predicted octanol–water partition coefficient (Wildman–Crippen LogP) is -0.610. The number of nitrogens with one attached hydrogen (secondary N) is 4. The van der Waals surface area contributed by atoms with Crippen LogP contribution in [0.5, 0.6) is 0 Å². The first-order valence-corrected chi connectivity index (χ1v) is 46.2. The van der Waals surface area contributed by atoms with Crippen molar-refractivity contribution in [1.82, 2.24) is 67.7 Å². The lowest BCUT2D eigenvalue weighted by Gasteiger charge is -2.36. The van der Waals surface area contributed by atoms with Crippen LogP contribution < -0.4 is 76.1 Å². The SMILES string of the molecule is Cc1cn([C@H]2CC(OP([O-])(=S)OC[C@H]3O[C@@H](n4cnc5c(=O)[nH]c(N)nc54)CC3OP([O-])(=S)OC[C@H]3O[C@@H](n4cc(C)c(=O)[nH]c4=O)CC3OP([O-])(=S)OC[C@H]3O[C@@H](n4ccc(N)nc4=O)CC3C(C)C)[C@@H](COP(=O)([S-])OC3C[C@H](n4cnc5c(=O)[nH]c(N)nc54)O[C@@H]3COP([O-])(=S)OC(C)C)C2)c(=O)[nH]c1=O. The summed E-state index contributed by atoms with van der Waals surface area (Å²) in [7, 11) is 0. The van der Waals surface area contributed by atoms with Gasteiger partial charge in [0.25, 0.3) is 22.2 Å². The summed E-state index contributed by atoms with van der Waals surface area (Å²) < 4.78 is 104. The van der Waals surface area contributed by atoms with E-state index in [0.29, 0.717) is 6.42 Å². The molecule has 5 fully saturated rings. The number of aromatic nitrogens is 14. The van der Waals surface area contributed by atoms with E-state index in [1.165, 1.54) is 69.4 Å². The first-order chi connectivity index (χ1) is 51.2. The van der Waals surface area contributed by atoms with Gasteiger partial charge in [-0.15, -0.1) is 0 Å². The van der Waals surface area contributed by atoms with Gasteiger partial charge in [0.15, 0.2) is 29.1 Å². The summed E-state index contributed by atoms with van der Waals surface area (Å²) in [6.45, 7) is -16.5. The van der Waals surface area contributed by atoms with Crippen molar-refractivity contribution in [1.29, 1.82) is 0 Å². The lowest BCUT2D eigenvalue weighted by atomic mass is 9.89. The monoisotopic (exact) mass is 1710 g/mol. The number of anilines is 3. The molecule has 12 rings (SSSR count). The largest absolute Gasteiger partial charge is 0.780 e. The van der Waals surface area contributed by atoms with Crippen LogP contribution in [0, 0.1) is 31.6 Å². The van der Waals surface area contributed by atoms with Crippen LogP contribution in [0.4, 0.5) is 17.7 Å². The van der Waals surface area contributed by atoms with Gasteiger partial charge in [0.2, 0.25) is 11.9 Å². The molecule has 598 valence electrons. The van der Waals surface area contributed by atoms with Crippen LogP contribution in [0.1, 0.15) is 108 Å². The Kier molecular flexibility index (Phi) is 25.4. The van der Waals surface area contributed by atoms with Gasteiger partial charge in [-0.3, -0.25) is 66.5 Å². The number of nitrogen functional groups attached to an aromatic ring is 3. The molecule has 11 heterocycles. The van der Waals surface area contributed by atoms with Crippen LogP contribution in [0.3, 0.4) is 0 Å². The van der Waals surface area contributed by atoms with Gasteiger partial charge >= 0.3 is 17.1 Å². The van der Waals surface area contributed by atoms with E-state index in [0.717, 1.165) is 4.57 Å².